The number of rotatable bonds is 5. The van der Waals surface area contributed by atoms with Crippen LogP contribution in [-0.4, -0.2) is 30.9 Å². The minimum Gasteiger partial charge on any atom is -0.490 e. The van der Waals surface area contributed by atoms with Crippen molar-refractivity contribution < 1.29 is 9.47 Å². The summed E-state index contributed by atoms with van der Waals surface area (Å²) in [5.74, 6) is 1.96. The Balaban J connectivity index is 1.42. The van der Waals surface area contributed by atoms with Gasteiger partial charge in [0.15, 0.2) is 0 Å². The van der Waals surface area contributed by atoms with E-state index < -0.39 is 0 Å². The summed E-state index contributed by atoms with van der Waals surface area (Å²) in [5.41, 5.74) is 7.08. The molecular formula is C24H28N2O2. The molecule has 0 amide bonds. The van der Waals surface area contributed by atoms with Gasteiger partial charge in [0.2, 0.25) is 0 Å². The van der Waals surface area contributed by atoms with Gasteiger partial charge in [-0.05, 0) is 61.6 Å². The number of nitrogens with one attached hydrogen (secondary N) is 1. The molecule has 5 rings (SSSR count). The van der Waals surface area contributed by atoms with Crippen LogP contribution in [0.25, 0.3) is 10.9 Å². The monoisotopic (exact) mass is 376 g/mol. The van der Waals surface area contributed by atoms with Gasteiger partial charge in [-0.1, -0.05) is 24.3 Å². The van der Waals surface area contributed by atoms with Gasteiger partial charge in [0.05, 0.1) is 5.52 Å². The van der Waals surface area contributed by atoms with Gasteiger partial charge in [0.1, 0.15) is 24.7 Å². The fourth-order valence-corrected chi connectivity index (χ4v) is 4.78. The molecule has 4 nitrogen and oxygen atoms in total. The molecule has 28 heavy (non-hydrogen) atoms. The van der Waals surface area contributed by atoms with E-state index in [1.807, 2.05) is 18.2 Å². The van der Waals surface area contributed by atoms with Crippen molar-refractivity contribution in [2.75, 3.05) is 26.3 Å². The predicted molar refractivity (Wildman–Crippen MR) is 113 cm³/mol. The molecule has 1 aromatic heterocycles. The van der Waals surface area contributed by atoms with E-state index in [1.54, 1.807) is 0 Å². The predicted octanol–water partition coefficient (Wildman–Crippen LogP) is 4.04. The van der Waals surface area contributed by atoms with Crippen molar-refractivity contribution in [3.05, 3.63) is 58.8 Å². The van der Waals surface area contributed by atoms with Crippen LogP contribution in [0.3, 0.4) is 0 Å². The number of para-hydroxylation sites is 1. The third-order valence-electron chi connectivity index (χ3n) is 6.08. The zero-order valence-electron chi connectivity index (χ0n) is 16.6. The van der Waals surface area contributed by atoms with Crippen LogP contribution in [0.15, 0.2) is 36.4 Å². The Labute approximate surface area is 166 Å². The number of hydrogen-bond acceptors (Lipinski definition) is 3. The third kappa shape index (κ3) is 3.06. The number of nitrogens with zero attached hydrogens (tertiary/aromatic N) is 1. The first-order chi connectivity index (χ1) is 13.8. The molecule has 0 spiro atoms. The van der Waals surface area contributed by atoms with Crippen LogP contribution in [0.5, 0.6) is 11.5 Å². The molecule has 2 aliphatic heterocycles. The first kappa shape index (κ1) is 17.6. The fraction of sp³-hybridized carbons (Fsp3) is 0.417. The lowest BCUT2D eigenvalue weighted by Gasteiger charge is -2.19. The van der Waals surface area contributed by atoms with Crippen LogP contribution in [0.4, 0.5) is 0 Å². The van der Waals surface area contributed by atoms with Gasteiger partial charge in [0.25, 0.3) is 0 Å². The zero-order chi connectivity index (χ0) is 18.9. The Kier molecular flexibility index (Phi) is 4.73. The molecule has 0 bridgehead atoms. The molecule has 0 saturated carbocycles. The molecule has 3 aromatic rings. The Bertz CT molecular complexity index is 1010. The Morgan fingerprint density at radius 1 is 0.929 bits per heavy atom. The quantitative estimate of drug-likeness (QED) is 0.683. The van der Waals surface area contributed by atoms with Gasteiger partial charge >= 0.3 is 0 Å². The van der Waals surface area contributed by atoms with Gasteiger partial charge in [-0.25, -0.2) is 0 Å². The largest absolute Gasteiger partial charge is 0.490 e. The summed E-state index contributed by atoms with van der Waals surface area (Å²) in [6.45, 7) is 6.44. The standard InChI is InChI=1S/C24H28N2O2/c1-17-5-2-3-7-21(17)27-15-16-28-22-9-8-18-6-4-14-26-20-11-13-25-12-10-19(20)23(22)24(18)26/h2-3,5,7-9,25H,4,6,10-16H2,1H3. The van der Waals surface area contributed by atoms with Crippen LogP contribution in [0, 0.1) is 6.92 Å². The van der Waals surface area contributed by atoms with Crippen molar-refractivity contribution in [3.8, 4) is 11.5 Å². The van der Waals surface area contributed by atoms with E-state index in [2.05, 4.69) is 35.0 Å². The summed E-state index contributed by atoms with van der Waals surface area (Å²) in [7, 11) is 0. The van der Waals surface area contributed by atoms with E-state index in [4.69, 9.17) is 9.47 Å². The van der Waals surface area contributed by atoms with Crippen molar-refractivity contribution in [2.45, 2.75) is 39.2 Å². The number of hydrogen-bond donors (Lipinski definition) is 1. The highest BCUT2D eigenvalue weighted by Gasteiger charge is 2.25. The van der Waals surface area contributed by atoms with E-state index in [-0.39, 0.29) is 0 Å². The van der Waals surface area contributed by atoms with Crippen LogP contribution in [0.1, 0.15) is 28.8 Å². The van der Waals surface area contributed by atoms with E-state index >= 15 is 0 Å². The molecule has 3 heterocycles. The maximum Gasteiger partial charge on any atom is 0.129 e. The van der Waals surface area contributed by atoms with Gasteiger partial charge in [-0.2, -0.15) is 0 Å². The van der Waals surface area contributed by atoms with E-state index in [0.717, 1.165) is 49.5 Å². The Morgan fingerprint density at radius 3 is 2.64 bits per heavy atom. The second-order valence-electron chi connectivity index (χ2n) is 7.84. The van der Waals surface area contributed by atoms with Gasteiger partial charge in [-0.3, -0.25) is 0 Å². The summed E-state index contributed by atoms with van der Waals surface area (Å²) < 4.78 is 14.8. The molecule has 146 valence electrons. The first-order valence-corrected chi connectivity index (χ1v) is 10.5. The highest BCUT2D eigenvalue weighted by molar-refractivity contribution is 5.94. The summed E-state index contributed by atoms with van der Waals surface area (Å²) >= 11 is 0. The number of aryl methyl sites for hydroxylation is 3. The number of aromatic nitrogens is 1. The lowest BCUT2D eigenvalue weighted by Crippen LogP contribution is -2.18. The SMILES string of the molecule is Cc1ccccc1OCCOc1ccc2c3c1c1c(n3CCC2)CCNCC1. The molecule has 0 saturated heterocycles. The normalized spacial score (nSPS) is 15.9. The van der Waals surface area contributed by atoms with Crippen LogP contribution in [-0.2, 0) is 25.8 Å². The second kappa shape index (κ2) is 7.51. The molecule has 0 unspecified atom stereocenters. The average molecular weight is 377 g/mol. The number of benzene rings is 2. The number of fused-ring (bicyclic) bond motifs is 3. The molecule has 0 fully saturated rings. The molecule has 2 aliphatic rings. The van der Waals surface area contributed by atoms with E-state index in [0.29, 0.717) is 13.2 Å². The maximum atomic E-state index is 6.27. The smallest absolute Gasteiger partial charge is 0.129 e. The highest BCUT2D eigenvalue weighted by atomic mass is 16.5. The van der Waals surface area contributed by atoms with Crippen molar-refractivity contribution in [1.29, 1.82) is 0 Å². The minimum absolute atomic E-state index is 0.554. The molecule has 0 atom stereocenters. The Morgan fingerprint density at radius 2 is 1.75 bits per heavy atom. The molecule has 1 N–H and O–H groups in total. The summed E-state index contributed by atoms with van der Waals surface area (Å²) in [4.78, 5) is 0. The van der Waals surface area contributed by atoms with Gasteiger partial charge in [0, 0.05) is 30.6 Å². The third-order valence-corrected chi connectivity index (χ3v) is 6.08. The first-order valence-electron chi connectivity index (χ1n) is 10.5. The van der Waals surface area contributed by atoms with Gasteiger partial charge < -0.3 is 19.4 Å². The topological polar surface area (TPSA) is 35.4 Å². The lowest BCUT2D eigenvalue weighted by molar-refractivity contribution is 0.218. The lowest BCUT2D eigenvalue weighted by atomic mass is 10.0. The maximum absolute atomic E-state index is 6.27. The summed E-state index contributed by atoms with van der Waals surface area (Å²) in [6.07, 6.45) is 4.60. The van der Waals surface area contributed by atoms with Crippen LogP contribution in [0.2, 0.25) is 0 Å². The molecular weight excluding hydrogens is 348 g/mol. The molecule has 4 heteroatoms. The average Bonchev–Trinajstić information content (AvgIpc) is 2.88. The zero-order valence-corrected chi connectivity index (χ0v) is 16.6. The van der Waals surface area contributed by atoms with Crippen molar-refractivity contribution in [2.24, 2.45) is 0 Å². The van der Waals surface area contributed by atoms with E-state index in [1.165, 1.54) is 40.6 Å². The van der Waals surface area contributed by atoms with Crippen molar-refractivity contribution in [3.63, 3.8) is 0 Å². The number of ether oxygens (including phenoxy) is 2. The molecule has 0 aliphatic carbocycles. The molecule has 0 radical (unpaired) electrons. The van der Waals surface area contributed by atoms with Crippen molar-refractivity contribution >= 4 is 10.9 Å². The summed E-state index contributed by atoms with van der Waals surface area (Å²) in [5, 5.41) is 4.90. The van der Waals surface area contributed by atoms with E-state index in [9.17, 15) is 0 Å². The van der Waals surface area contributed by atoms with Gasteiger partial charge in [-0.15, -0.1) is 0 Å². The Hall–Kier alpha value is -2.46. The highest BCUT2D eigenvalue weighted by Crippen LogP contribution is 2.39. The van der Waals surface area contributed by atoms with Crippen LogP contribution < -0.4 is 14.8 Å². The minimum atomic E-state index is 0.554. The molecule has 2 aromatic carbocycles. The summed E-state index contributed by atoms with van der Waals surface area (Å²) in [6, 6.07) is 12.6. The van der Waals surface area contributed by atoms with Crippen molar-refractivity contribution in [1.82, 2.24) is 9.88 Å². The second-order valence-corrected chi connectivity index (χ2v) is 7.84. The van der Waals surface area contributed by atoms with Crippen LogP contribution >= 0.6 is 0 Å². The fourth-order valence-electron chi connectivity index (χ4n) is 4.78.